The summed E-state index contributed by atoms with van der Waals surface area (Å²) >= 11 is 0. The van der Waals surface area contributed by atoms with Crippen molar-refractivity contribution in [2.75, 3.05) is 0 Å². The van der Waals surface area contributed by atoms with Crippen LogP contribution in [-0.2, 0) is 0 Å². The van der Waals surface area contributed by atoms with Crippen LogP contribution >= 0.6 is 0 Å². The van der Waals surface area contributed by atoms with Gasteiger partial charge in [0.2, 0.25) is 0 Å². The number of rotatable bonds is 1. The first-order valence-electron chi connectivity index (χ1n) is 7.50. The van der Waals surface area contributed by atoms with Crippen molar-refractivity contribution in [3.05, 3.63) is 66.9 Å². The molecule has 22 heavy (non-hydrogen) atoms. The van der Waals surface area contributed by atoms with Gasteiger partial charge in [-0.3, -0.25) is 4.98 Å². The lowest BCUT2D eigenvalue weighted by Gasteiger charge is -2.34. The molecule has 0 saturated carbocycles. The average molecular weight is 303 g/mol. The zero-order valence-electron chi connectivity index (χ0n) is 12.7. The molecule has 0 amide bonds. The SMILES string of the molecule is C[Si]1(C)Oc2c(-c3ccccn3)cccc2-c2ccccc21. The fourth-order valence-corrected chi connectivity index (χ4v) is 5.34. The van der Waals surface area contributed by atoms with E-state index in [9.17, 15) is 0 Å². The lowest BCUT2D eigenvalue weighted by atomic mass is 9.99. The summed E-state index contributed by atoms with van der Waals surface area (Å²) in [7, 11) is -1.95. The molecule has 0 fully saturated rings. The highest BCUT2D eigenvalue weighted by molar-refractivity contribution is 6.86. The Morgan fingerprint density at radius 3 is 2.32 bits per heavy atom. The molecule has 4 rings (SSSR count). The fourth-order valence-electron chi connectivity index (χ4n) is 3.14. The third-order valence-electron chi connectivity index (χ3n) is 4.18. The highest BCUT2D eigenvalue weighted by Crippen LogP contribution is 2.42. The molecule has 0 N–H and O–H groups in total. The molecule has 2 nitrogen and oxygen atoms in total. The minimum Gasteiger partial charge on any atom is -0.539 e. The number of pyridine rings is 1. The Morgan fingerprint density at radius 1 is 0.773 bits per heavy atom. The highest BCUT2D eigenvalue weighted by Gasteiger charge is 2.36. The Morgan fingerprint density at radius 2 is 1.50 bits per heavy atom. The van der Waals surface area contributed by atoms with E-state index in [2.05, 4.69) is 60.5 Å². The van der Waals surface area contributed by atoms with Crippen LogP contribution in [0.1, 0.15) is 0 Å². The van der Waals surface area contributed by atoms with Gasteiger partial charge in [-0.1, -0.05) is 42.5 Å². The van der Waals surface area contributed by atoms with E-state index in [-0.39, 0.29) is 0 Å². The minimum absolute atomic E-state index is 0.962. The maximum atomic E-state index is 6.53. The maximum absolute atomic E-state index is 6.53. The van der Waals surface area contributed by atoms with Gasteiger partial charge in [0.15, 0.2) is 0 Å². The van der Waals surface area contributed by atoms with Crippen LogP contribution in [0, 0.1) is 0 Å². The lowest BCUT2D eigenvalue weighted by molar-refractivity contribution is 0.564. The van der Waals surface area contributed by atoms with Crippen molar-refractivity contribution in [2.24, 2.45) is 0 Å². The molecule has 0 aliphatic carbocycles. The van der Waals surface area contributed by atoms with Gasteiger partial charge in [0.25, 0.3) is 8.32 Å². The summed E-state index contributed by atoms with van der Waals surface area (Å²) in [6, 6.07) is 20.9. The zero-order chi connectivity index (χ0) is 15.2. The van der Waals surface area contributed by atoms with Crippen LogP contribution in [-0.4, -0.2) is 13.3 Å². The van der Waals surface area contributed by atoms with Crippen molar-refractivity contribution in [2.45, 2.75) is 13.1 Å². The predicted octanol–water partition coefficient (Wildman–Crippen LogP) is 4.22. The third kappa shape index (κ3) is 1.97. The number of hydrogen-bond donors (Lipinski definition) is 0. The predicted molar refractivity (Wildman–Crippen MR) is 92.9 cm³/mol. The van der Waals surface area contributed by atoms with Gasteiger partial charge in [-0.15, -0.1) is 0 Å². The van der Waals surface area contributed by atoms with E-state index in [1.807, 2.05) is 24.4 Å². The number of fused-ring (bicyclic) bond motifs is 3. The van der Waals surface area contributed by atoms with Gasteiger partial charge in [0.05, 0.1) is 5.69 Å². The molecule has 0 bridgehead atoms. The van der Waals surface area contributed by atoms with Crippen molar-refractivity contribution < 1.29 is 4.43 Å². The molecule has 2 heterocycles. The fraction of sp³-hybridized carbons (Fsp3) is 0.105. The number of hydrogen-bond acceptors (Lipinski definition) is 2. The molecule has 2 aromatic carbocycles. The van der Waals surface area contributed by atoms with E-state index in [0.29, 0.717) is 0 Å². The molecule has 0 spiro atoms. The van der Waals surface area contributed by atoms with E-state index >= 15 is 0 Å². The smallest absolute Gasteiger partial charge is 0.277 e. The minimum atomic E-state index is -1.95. The third-order valence-corrected chi connectivity index (χ3v) is 6.63. The van der Waals surface area contributed by atoms with Crippen LogP contribution in [0.15, 0.2) is 66.9 Å². The molecule has 108 valence electrons. The van der Waals surface area contributed by atoms with Gasteiger partial charge in [-0.25, -0.2) is 0 Å². The van der Waals surface area contributed by atoms with Gasteiger partial charge in [-0.2, -0.15) is 0 Å². The van der Waals surface area contributed by atoms with Crippen LogP contribution in [0.25, 0.3) is 22.4 Å². The van der Waals surface area contributed by atoms with E-state index in [1.165, 1.54) is 16.3 Å². The molecule has 1 aliphatic heterocycles. The molecule has 0 unspecified atom stereocenters. The topological polar surface area (TPSA) is 22.1 Å². The second-order valence-corrected chi connectivity index (χ2v) is 9.82. The molecule has 0 saturated heterocycles. The van der Waals surface area contributed by atoms with Gasteiger partial charge < -0.3 is 4.43 Å². The Balaban J connectivity index is 2.01. The quantitative estimate of drug-likeness (QED) is 0.628. The van der Waals surface area contributed by atoms with Crippen LogP contribution in [0.5, 0.6) is 5.75 Å². The van der Waals surface area contributed by atoms with E-state index in [1.54, 1.807) is 0 Å². The van der Waals surface area contributed by atoms with Crippen molar-refractivity contribution in [3.63, 3.8) is 0 Å². The Hall–Kier alpha value is -2.39. The molecule has 1 aliphatic rings. The largest absolute Gasteiger partial charge is 0.539 e. The monoisotopic (exact) mass is 303 g/mol. The average Bonchev–Trinajstić information content (AvgIpc) is 2.55. The molecule has 3 heteroatoms. The van der Waals surface area contributed by atoms with Crippen LogP contribution < -0.4 is 9.61 Å². The summed E-state index contributed by atoms with van der Waals surface area (Å²) < 4.78 is 6.53. The second kappa shape index (κ2) is 4.82. The van der Waals surface area contributed by atoms with E-state index < -0.39 is 8.32 Å². The maximum Gasteiger partial charge on any atom is 0.277 e. The zero-order valence-corrected chi connectivity index (χ0v) is 13.7. The van der Waals surface area contributed by atoms with Gasteiger partial charge in [0.1, 0.15) is 5.75 Å². The number of nitrogens with zero attached hydrogens (tertiary/aromatic N) is 1. The second-order valence-electron chi connectivity index (χ2n) is 6.06. The van der Waals surface area contributed by atoms with Crippen molar-refractivity contribution in [1.29, 1.82) is 0 Å². The van der Waals surface area contributed by atoms with E-state index in [0.717, 1.165) is 17.0 Å². The normalized spacial score (nSPS) is 14.6. The molecule has 1 aromatic heterocycles. The first kappa shape index (κ1) is 13.3. The Kier molecular flexibility index (Phi) is 2.91. The highest BCUT2D eigenvalue weighted by atomic mass is 28.4. The summed E-state index contributed by atoms with van der Waals surface area (Å²) in [4.78, 5) is 4.50. The molecular weight excluding hydrogens is 286 g/mol. The molecule has 0 radical (unpaired) electrons. The number of para-hydroxylation sites is 1. The Labute approximate surface area is 131 Å². The first-order valence-corrected chi connectivity index (χ1v) is 10.4. The summed E-state index contributed by atoms with van der Waals surface area (Å²) in [5.74, 6) is 0.983. The summed E-state index contributed by atoms with van der Waals surface area (Å²) in [5.41, 5.74) is 4.51. The molecule has 3 aromatic rings. The number of aromatic nitrogens is 1. The van der Waals surface area contributed by atoms with Gasteiger partial charge in [0, 0.05) is 17.3 Å². The number of benzene rings is 2. The van der Waals surface area contributed by atoms with E-state index in [4.69, 9.17) is 4.43 Å². The standard InChI is InChI=1S/C19H17NOSi/c1-22(2)18-12-4-3-8-14(18)15-9-7-10-16(19(15)21-22)17-11-5-6-13-20-17/h3-13H,1-2H3. The molecule has 0 atom stereocenters. The summed E-state index contributed by atoms with van der Waals surface area (Å²) in [6.45, 7) is 4.51. The first-order chi connectivity index (χ1) is 10.7. The van der Waals surface area contributed by atoms with Crippen LogP contribution in [0.2, 0.25) is 13.1 Å². The summed E-state index contributed by atoms with van der Waals surface area (Å²) in [5, 5.41) is 1.36. The summed E-state index contributed by atoms with van der Waals surface area (Å²) in [6.07, 6.45) is 1.83. The van der Waals surface area contributed by atoms with Gasteiger partial charge in [-0.05, 0) is 42.0 Å². The molecular formula is C19H17NOSi. The lowest BCUT2D eigenvalue weighted by Crippen LogP contribution is -2.50. The van der Waals surface area contributed by atoms with Gasteiger partial charge >= 0.3 is 0 Å². The van der Waals surface area contributed by atoms with Crippen molar-refractivity contribution in [1.82, 2.24) is 4.98 Å². The van der Waals surface area contributed by atoms with Crippen LogP contribution in [0.3, 0.4) is 0 Å². The van der Waals surface area contributed by atoms with Crippen LogP contribution in [0.4, 0.5) is 0 Å². The van der Waals surface area contributed by atoms with Crippen molar-refractivity contribution in [3.8, 4) is 28.1 Å². The Bertz CT molecular complexity index is 829. The van der Waals surface area contributed by atoms with Crippen molar-refractivity contribution >= 4 is 13.5 Å².